The molecule has 106 valence electrons. The largest absolute Gasteiger partial charge is 0.384 e. The van der Waals surface area contributed by atoms with Crippen molar-refractivity contribution < 1.29 is 9.90 Å². The van der Waals surface area contributed by atoms with Gasteiger partial charge in [-0.15, -0.1) is 0 Å². The van der Waals surface area contributed by atoms with Crippen LogP contribution in [0.25, 0.3) is 0 Å². The number of aliphatic hydroxyl groups excluding tert-OH is 1. The molecule has 0 bridgehead atoms. The molecule has 20 heavy (non-hydrogen) atoms. The molecule has 1 aromatic carbocycles. The Morgan fingerprint density at radius 1 is 1.25 bits per heavy atom. The lowest BCUT2D eigenvalue weighted by Gasteiger charge is -2.12. The predicted molar refractivity (Wildman–Crippen MR) is 78.0 cm³/mol. The Morgan fingerprint density at radius 2 is 1.95 bits per heavy atom. The summed E-state index contributed by atoms with van der Waals surface area (Å²) >= 11 is 0. The van der Waals surface area contributed by atoms with E-state index in [1.54, 1.807) is 0 Å². The van der Waals surface area contributed by atoms with E-state index < -0.39 is 0 Å². The van der Waals surface area contributed by atoms with Crippen LogP contribution in [-0.4, -0.2) is 23.8 Å². The molecule has 3 N–H and O–H groups in total. The van der Waals surface area contributed by atoms with Crippen LogP contribution in [0.1, 0.15) is 36.8 Å². The third-order valence-electron chi connectivity index (χ3n) is 3.41. The molecular weight excluding hydrogens is 252 g/mol. The summed E-state index contributed by atoms with van der Waals surface area (Å²) in [5.41, 5.74) is 1.89. The van der Waals surface area contributed by atoms with Gasteiger partial charge in [-0.25, -0.2) is 4.79 Å². The molecule has 1 aliphatic carbocycles. The molecular formula is C16H20N2O2. The molecule has 0 aromatic heterocycles. The number of hydrogen-bond donors (Lipinski definition) is 3. The Hall–Kier alpha value is -1.99. The molecule has 0 radical (unpaired) electrons. The van der Waals surface area contributed by atoms with Crippen LogP contribution in [-0.2, 0) is 6.54 Å². The lowest BCUT2D eigenvalue weighted by atomic mass is 10.1. The van der Waals surface area contributed by atoms with Gasteiger partial charge in [0.2, 0.25) is 0 Å². The molecule has 4 heteroatoms. The van der Waals surface area contributed by atoms with Crippen molar-refractivity contribution in [3.8, 4) is 11.8 Å². The summed E-state index contributed by atoms with van der Waals surface area (Å²) in [6.45, 7) is 0.372. The van der Waals surface area contributed by atoms with Gasteiger partial charge >= 0.3 is 6.03 Å². The van der Waals surface area contributed by atoms with E-state index in [0.717, 1.165) is 24.0 Å². The highest BCUT2D eigenvalue weighted by atomic mass is 16.2. The van der Waals surface area contributed by atoms with Crippen LogP contribution in [0, 0.1) is 11.8 Å². The van der Waals surface area contributed by atoms with Gasteiger partial charge in [-0.3, -0.25) is 0 Å². The standard InChI is InChI=1S/C16H20N2O2/c19-11-3-4-13-7-9-14(10-8-13)12-17-16(20)18-15-5-1-2-6-15/h7-10,15,19H,1-2,5-6,11-12H2,(H2,17,18,20). The number of aliphatic hydroxyl groups is 1. The van der Waals surface area contributed by atoms with E-state index in [2.05, 4.69) is 22.5 Å². The van der Waals surface area contributed by atoms with Crippen LogP contribution in [0.15, 0.2) is 24.3 Å². The second-order valence-electron chi connectivity index (χ2n) is 4.97. The van der Waals surface area contributed by atoms with Gasteiger partial charge in [0.15, 0.2) is 0 Å². The first-order valence-electron chi connectivity index (χ1n) is 7.01. The summed E-state index contributed by atoms with van der Waals surface area (Å²) in [7, 11) is 0. The highest BCUT2D eigenvalue weighted by Crippen LogP contribution is 2.17. The number of benzene rings is 1. The molecule has 2 rings (SSSR count). The zero-order valence-corrected chi connectivity index (χ0v) is 11.5. The SMILES string of the molecule is O=C(NCc1ccc(C#CCO)cc1)NC1CCCC1. The highest BCUT2D eigenvalue weighted by Gasteiger charge is 2.16. The molecule has 1 aliphatic rings. The number of carbonyl (C=O) groups excluding carboxylic acids is 1. The van der Waals surface area contributed by atoms with Crippen molar-refractivity contribution in [3.05, 3.63) is 35.4 Å². The second kappa shape index (κ2) is 7.56. The van der Waals surface area contributed by atoms with Crippen LogP contribution in [0.4, 0.5) is 4.79 Å². The molecule has 2 amide bonds. The van der Waals surface area contributed by atoms with Crippen molar-refractivity contribution in [2.75, 3.05) is 6.61 Å². The quantitative estimate of drug-likeness (QED) is 0.734. The van der Waals surface area contributed by atoms with Gasteiger partial charge in [-0.1, -0.05) is 36.8 Å². The summed E-state index contributed by atoms with van der Waals surface area (Å²) in [4.78, 5) is 11.7. The maximum atomic E-state index is 11.7. The molecule has 1 aromatic rings. The van der Waals surface area contributed by atoms with Crippen LogP contribution < -0.4 is 10.6 Å². The summed E-state index contributed by atoms with van der Waals surface area (Å²) < 4.78 is 0. The topological polar surface area (TPSA) is 61.4 Å². The Kier molecular flexibility index (Phi) is 5.45. The smallest absolute Gasteiger partial charge is 0.315 e. The van der Waals surface area contributed by atoms with Gasteiger partial charge in [0, 0.05) is 18.2 Å². The van der Waals surface area contributed by atoms with Crippen molar-refractivity contribution in [3.63, 3.8) is 0 Å². The van der Waals surface area contributed by atoms with E-state index in [1.165, 1.54) is 12.8 Å². The van der Waals surface area contributed by atoms with Gasteiger partial charge in [0.05, 0.1) is 0 Å². The van der Waals surface area contributed by atoms with Crippen molar-refractivity contribution >= 4 is 6.03 Å². The first-order chi connectivity index (χ1) is 9.78. The fourth-order valence-electron chi connectivity index (χ4n) is 2.34. The third-order valence-corrected chi connectivity index (χ3v) is 3.41. The van der Waals surface area contributed by atoms with E-state index in [0.29, 0.717) is 12.6 Å². The average Bonchev–Trinajstić information content (AvgIpc) is 2.97. The monoisotopic (exact) mass is 272 g/mol. The number of rotatable bonds is 3. The molecule has 0 spiro atoms. The third kappa shape index (κ3) is 4.60. The van der Waals surface area contributed by atoms with Crippen molar-refractivity contribution in [2.45, 2.75) is 38.3 Å². The van der Waals surface area contributed by atoms with Crippen LogP contribution in [0.3, 0.4) is 0 Å². The van der Waals surface area contributed by atoms with E-state index >= 15 is 0 Å². The van der Waals surface area contributed by atoms with E-state index in [4.69, 9.17) is 5.11 Å². The molecule has 4 nitrogen and oxygen atoms in total. The number of hydrogen-bond acceptors (Lipinski definition) is 2. The van der Waals surface area contributed by atoms with Gasteiger partial charge in [-0.05, 0) is 30.5 Å². The normalized spacial score (nSPS) is 14.4. The van der Waals surface area contributed by atoms with E-state index in [9.17, 15) is 4.79 Å². The maximum absolute atomic E-state index is 11.7. The van der Waals surface area contributed by atoms with Crippen molar-refractivity contribution in [1.29, 1.82) is 0 Å². The fraction of sp³-hybridized carbons (Fsp3) is 0.438. The number of carbonyl (C=O) groups is 1. The van der Waals surface area contributed by atoms with Gasteiger partial charge in [0.25, 0.3) is 0 Å². The molecule has 1 fully saturated rings. The van der Waals surface area contributed by atoms with Crippen LogP contribution in [0.2, 0.25) is 0 Å². The summed E-state index contributed by atoms with van der Waals surface area (Å²) in [6, 6.07) is 7.87. The predicted octanol–water partition coefficient (Wildman–Crippen LogP) is 1.77. The Balaban J connectivity index is 1.76. The number of urea groups is 1. The number of nitrogens with one attached hydrogen (secondary N) is 2. The molecule has 0 unspecified atom stereocenters. The Labute approximate surface area is 119 Å². The minimum Gasteiger partial charge on any atom is -0.384 e. The Bertz CT molecular complexity index is 493. The van der Waals surface area contributed by atoms with Crippen LogP contribution >= 0.6 is 0 Å². The zero-order valence-electron chi connectivity index (χ0n) is 11.5. The van der Waals surface area contributed by atoms with Crippen molar-refractivity contribution in [1.82, 2.24) is 10.6 Å². The zero-order chi connectivity index (χ0) is 14.2. The minimum atomic E-state index is -0.134. The summed E-state index contributed by atoms with van der Waals surface area (Å²) in [5.74, 6) is 5.44. The van der Waals surface area contributed by atoms with E-state index in [-0.39, 0.29) is 12.6 Å². The number of amides is 2. The molecule has 0 aliphatic heterocycles. The Morgan fingerprint density at radius 3 is 2.60 bits per heavy atom. The maximum Gasteiger partial charge on any atom is 0.315 e. The molecule has 1 saturated carbocycles. The average molecular weight is 272 g/mol. The lowest BCUT2D eigenvalue weighted by Crippen LogP contribution is -2.40. The lowest BCUT2D eigenvalue weighted by molar-refractivity contribution is 0.236. The van der Waals surface area contributed by atoms with Crippen LogP contribution in [0.5, 0.6) is 0 Å². The van der Waals surface area contributed by atoms with Crippen molar-refractivity contribution in [2.24, 2.45) is 0 Å². The van der Waals surface area contributed by atoms with Gasteiger partial charge in [-0.2, -0.15) is 0 Å². The second-order valence-corrected chi connectivity index (χ2v) is 4.97. The van der Waals surface area contributed by atoms with E-state index in [1.807, 2.05) is 24.3 Å². The highest BCUT2D eigenvalue weighted by molar-refractivity contribution is 5.74. The fourth-order valence-corrected chi connectivity index (χ4v) is 2.34. The molecule has 0 saturated heterocycles. The minimum absolute atomic E-state index is 0.0963. The van der Waals surface area contributed by atoms with Gasteiger partial charge in [0.1, 0.15) is 6.61 Å². The first-order valence-corrected chi connectivity index (χ1v) is 7.01. The first kappa shape index (κ1) is 14.4. The summed E-state index contributed by atoms with van der Waals surface area (Å²) in [5, 5.41) is 14.5. The summed E-state index contributed by atoms with van der Waals surface area (Å²) in [6.07, 6.45) is 4.60. The molecule has 0 atom stereocenters. The molecule has 0 heterocycles. The van der Waals surface area contributed by atoms with Gasteiger partial charge < -0.3 is 15.7 Å².